The number of fused-ring (bicyclic) bond motifs is 2. The van der Waals surface area contributed by atoms with Crippen molar-refractivity contribution in [2.24, 2.45) is 0 Å². The van der Waals surface area contributed by atoms with E-state index in [-0.39, 0.29) is 25.4 Å². The quantitative estimate of drug-likeness (QED) is 0.418. The minimum atomic E-state index is -4.28. The molecule has 170 valence electrons. The van der Waals surface area contributed by atoms with Crippen LogP contribution in [0.2, 0.25) is 0 Å². The van der Waals surface area contributed by atoms with Crippen LogP contribution in [0.15, 0.2) is 59.6 Å². The summed E-state index contributed by atoms with van der Waals surface area (Å²) in [6, 6.07) is 11.8. The maximum Gasteiger partial charge on any atom is 0.433 e. The fourth-order valence-corrected chi connectivity index (χ4v) is 7.63. The number of urea groups is 1. The van der Waals surface area contributed by atoms with Gasteiger partial charge in [0.1, 0.15) is 23.5 Å². The summed E-state index contributed by atoms with van der Waals surface area (Å²) in [5.74, 6) is -1.41. The molecule has 1 spiro atoms. The number of quaternary nitrogens is 1. The van der Waals surface area contributed by atoms with Gasteiger partial charge in [0.05, 0.1) is 29.9 Å². The predicted octanol–water partition coefficient (Wildman–Crippen LogP) is 1.98. The van der Waals surface area contributed by atoms with E-state index < -0.39 is 48.4 Å². The third kappa shape index (κ3) is 2.47. The largest absolute Gasteiger partial charge is 0.433 e. The van der Waals surface area contributed by atoms with Crippen molar-refractivity contribution in [3.8, 4) is 6.07 Å². The molecule has 0 N–H and O–H groups in total. The van der Waals surface area contributed by atoms with Gasteiger partial charge >= 0.3 is 6.03 Å². The molecule has 3 fully saturated rings. The van der Waals surface area contributed by atoms with Crippen LogP contribution in [0.25, 0.3) is 10.9 Å². The first kappa shape index (κ1) is 20.9. The average molecular weight is 478 g/mol. The summed E-state index contributed by atoms with van der Waals surface area (Å²) < 4.78 is 41.0. The molecule has 2 aromatic carbocycles. The van der Waals surface area contributed by atoms with E-state index in [2.05, 4.69) is 4.98 Å². The highest BCUT2D eigenvalue weighted by atomic mass is 32.2. The number of piperazine rings is 1. The molecule has 4 unspecified atom stereocenters. The molecule has 3 aromatic rings. The van der Waals surface area contributed by atoms with E-state index >= 15 is 0 Å². The molecule has 0 radical (unpaired) electrons. The molecular formula is C23H17FN5O4S+. The predicted molar refractivity (Wildman–Crippen MR) is 117 cm³/mol. The fourth-order valence-electron chi connectivity index (χ4n) is 5.52. The third-order valence-corrected chi connectivity index (χ3v) is 9.20. The molecular weight excluding hydrogens is 461 g/mol. The molecule has 3 saturated heterocycles. The van der Waals surface area contributed by atoms with Gasteiger partial charge in [0.15, 0.2) is 6.04 Å². The minimum absolute atomic E-state index is 0.0235. The van der Waals surface area contributed by atoms with Gasteiger partial charge < -0.3 is 0 Å². The Balaban J connectivity index is 1.51. The zero-order valence-electron chi connectivity index (χ0n) is 17.6. The number of pyridine rings is 1. The molecule has 0 saturated carbocycles. The van der Waals surface area contributed by atoms with Gasteiger partial charge in [-0.3, -0.25) is 9.78 Å². The fraction of sp³-hybridized carbons (Fsp3) is 0.217. The number of hydrogen-bond donors (Lipinski definition) is 0. The molecule has 1 aromatic heterocycles. The highest BCUT2D eigenvalue weighted by molar-refractivity contribution is 7.92. The number of hydrogen-bond acceptors (Lipinski definition) is 7. The number of halogens is 1. The van der Waals surface area contributed by atoms with Crippen molar-refractivity contribution in [3.05, 3.63) is 66.1 Å². The first-order valence-corrected chi connectivity index (χ1v) is 12.1. The average Bonchev–Trinajstić information content (AvgIpc) is 3.47. The summed E-state index contributed by atoms with van der Waals surface area (Å²) in [7, 11) is -4.28. The number of carbonyl (C=O) groups excluding carboxylic acids is 2. The maximum absolute atomic E-state index is 14.5. The zero-order valence-corrected chi connectivity index (χ0v) is 18.4. The van der Waals surface area contributed by atoms with Gasteiger partial charge in [0, 0.05) is 11.6 Å². The van der Waals surface area contributed by atoms with Gasteiger partial charge in [-0.2, -0.15) is 14.6 Å². The molecule has 9 nitrogen and oxygen atoms in total. The van der Waals surface area contributed by atoms with E-state index in [0.717, 1.165) is 11.0 Å². The Kier molecular flexibility index (Phi) is 4.23. The van der Waals surface area contributed by atoms with Crippen LogP contribution in [0, 0.1) is 17.1 Å². The van der Waals surface area contributed by atoms with Crippen molar-refractivity contribution in [2.45, 2.75) is 16.3 Å². The summed E-state index contributed by atoms with van der Waals surface area (Å²) in [5, 5.41) is 8.55. The summed E-state index contributed by atoms with van der Waals surface area (Å²) in [6.45, 7) is 0.309. The lowest BCUT2D eigenvalue weighted by Crippen LogP contribution is -2.62. The SMILES string of the molecule is N#Cc1ccc(N2C(=O)C3CN4CC(S(=O)(=O)c5ccccc5F)[N+]3(C4)C2=O)c2cccnc12. The number of nitrogens with zero attached hydrogens (tertiary/aromatic N) is 5. The van der Waals surface area contributed by atoms with Crippen LogP contribution in [0.4, 0.5) is 14.9 Å². The third-order valence-electron chi connectivity index (χ3n) is 7.01. The lowest BCUT2D eigenvalue weighted by Gasteiger charge is -2.33. The molecule has 11 heteroatoms. The number of carbonyl (C=O) groups is 2. The van der Waals surface area contributed by atoms with E-state index in [1.165, 1.54) is 36.5 Å². The number of imide groups is 1. The molecule has 2 bridgehead atoms. The number of rotatable bonds is 3. The number of amides is 3. The summed E-state index contributed by atoms with van der Waals surface area (Å²) in [6.07, 6.45) is 1.51. The Hall–Kier alpha value is -3.72. The smallest absolute Gasteiger partial charge is 0.267 e. The topological polar surface area (TPSA) is 111 Å². The van der Waals surface area contributed by atoms with Crippen molar-refractivity contribution in [1.82, 2.24) is 9.88 Å². The van der Waals surface area contributed by atoms with Crippen molar-refractivity contribution < 1.29 is 26.9 Å². The van der Waals surface area contributed by atoms with E-state index in [0.29, 0.717) is 16.5 Å². The van der Waals surface area contributed by atoms with Crippen molar-refractivity contribution in [3.63, 3.8) is 0 Å². The summed E-state index contributed by atoms with van der Waals surface area (Å²) in [4.78, 5) is 34.1. The highest BCUT2D eigenvalue weighted by Crippen LogP contribution is 2.47. The van der Waals surface area contributed by atoms with Gasteiger partial charge in [-0.15, -0.1) is 0 Å². The zero-order chi connectivity index (χ0) is 23.8. The molecule has 0 aliphatic carbocycles. The number of anilines is 1. The Morgan fingerprint density at radius 3 is 2.65 bits per heavy atom. The number of aromatic nitrogens is 1. The van der Waals surface area contributed by atoms with E-state index in [4.69, 9.17) is 0 Å². The highest BCUT2D eigenvalue weighted by Gasteiger charge is 2.75. The van der Waals surface area contributed by atoms with Crippen molar-refractivity contribution in [1.29, 1.82) is 5.26 Å². The van der Waals surface area contributed by atoms with Crippen LogP contribution in [0.3, 0.4) is 0 Å². The first-order chi connectivity index (χ1) is 16.3. The van der Waals surface area contributed by atoms with Gasteiger partial charge in [-0.25, -0.2) is 22.5 Å². The second-order valence-electron chi connectivity index (χ2n) is 8.65. The first-order valence-electron chi connectivity index (χ1n) is 10.6. The molecule has 34 heavy (non-hydrogen) atoms. The van der Waals surface area contributed by atoms with Crippen LogP contribution in [0.1, 0.15) is 5.56 Å². The van der Waals surface area contributed by atoms with Crippen molar-refractivity contribution >= 4 is 38.4 Å². The normalized spacial score (nSPS) is 27.9. The van der Waals surface area contributed by atoms with Gasteiger partial charge in [-0.05, 0) is 36.4 Å². The summed E-state index contributed by atoms with van der Waals surface area (Å²) >= 11 is 0. The second kappa shape index (κ2) is 6.89. The molecule has 3 aliphatic rings. The van der Waals surface area contributed by atoms with Crippen LogP contribution in [-0.4, -0.2) is 65.9 Å². The molecule has 6 rings (SSSR count). The number of sulfone groups is 1. The molecule has 4 heterocycles. The lowest BCUT2D eigenvalue weighted by molar-refractivity contribution is -0.848. The number of benzene rings is 2. The van der Waals surface area contributed by atoms with Gasteiger partial charge in [-0.1, -0.05) is 12.1 Å². The lowest BCUT2D eigenvalue weighted by atomic mass is 10.1. The minimum Gasteiger partial charge on any atom is -0.267 e. The number of nitriles is 1. The summed E-state index contributed by atoms with van der Waals surface area (Å²) in [5.41, 5.74) is 0.881. The Morgan fingerprint density at radius 2 is 1.88 bits per heavy atom. The second-order valence-corrected chi connectivity index (χ2v) is 10.7. The van der Waals surface area contributed by atoms with Gasteiger partial charge in [0.2, 0.25) is 15.2 Å². The molecule has 3 aliphatic heterocycles. The van der Waals surface area contributed by atoms with Crippen LogP contribution < -0.4 is 4.90 Å². The van der Waals surface area contributed by atoms with E-state index in [9.17, 15) is 27.7 Å². The van der Waals surface area contributed by atoms with E-state index in [1.54, 1.807) is 17.0 Å². The maximum atomic E-state index is 14.5. The standard InChI is InChI=1S/C23H17FN5O4S/c24-16-5-1-2-6-19(16)34(32,33)20-12-27-11-18-22(30)28(23(31)29(18,20)13-27)17-8-7-14(10-25)21-15(17)4-3-9-26-21/h1-9,18,20H,11-13H2/q+1. The molecule has 4 atom stereocenters. The van der Waals surface area contributed by atoms with Crippen molar-refractivity contribution in [2.75, 3.05) is 24.7 Å². The van der Waals surface area contributed by atoms with Crippen LogP contribution in [-0.2, 0) is 14.6 Å². The Morgan fingerprint density at radius 1 is 1.09 bits per heavy atom. The van der Waals surface area contributed by atoms with Gasteiger partial charge in [0.25, 0.3) is 5.91 Å². The van der Waals surface area contributed by atoms with E-state index in [1.807, 2.05) is 6.07 Å². The Labute approximate surface area is 193 Å². The molecule has 3 amide bonds. The Bertz CT molecular complexity index is 1570. The van der Waals surface area contributed by atoms with Crippen LogP contribution >= 0.6 is 0 Å². The monoisotopic (exact) mass is 478 g/mol. The van der Waals surface area contributed by atoms with Crippen LogP contribution in [0.5, 0.6) is 0 Å².